The summed E-state index contributed by atoms with van der Waals surface area (Å²) in [6.45, 7) is 0. The first-order chi connectivity index (χ1) is 12.6. The quantitative estimate of drug-likeness (QED) is 0.640. The molecule has 3 aromatic rings. The second kappa shape index (κ2) is 6.86. The highest BCUT2D eigenvalue weighted by Gasteiger charge is 2.26. The third kappa shape index (κ3) is 3.04. The number of H-pyrrole nitrogens is 1. The fourth-order valence-corrected chi connectivity index (χ4v) is 4.12. The van der Waals surface area contributed by atoms with Crippen LogP contribution >= 0.6 is 23.2 Å². The summed E-state index contributed by atoms with van der Waals surface area (Å²) in [6, 6.07) is 10.8. The first kappa shape index (κ1) is 17.3. The largest absolute Gasteiger partial charge is 0.497 e. The van der Waals surface area contributed by atoms with Crippen molar-refractivity contribution in [2.24, 2.45) is 0 Å². The molecule has 1 atom stereocenters. The Hall–Kier alpha value is -2.17. The highest BCUT2D eigenvalue weighted by Crippen LogP contribution is 2.36. The molecule has 1 aliphatic carbocycles. The minimum atomic E-state index is -0.194. The van der Waals surface area contributed by atoms with E-state index in [0.717, 1.165) is 41.6 Å². The first-order valence-corrected chi connectivity index (χ1v) is 9.27. The lowest BCUT2D eigenvalue weighted by molar-refractivity contribution is 0.0932. The molecule has 1 heterocycles. The predicted molar refractivity (Wildman–Crippen MR) is 104 cm³/mol. The van der Waals surface area contributed by atoms with Crippen molar-refractivity contribution >= 4 is 40.0 Å². The van der Waals surface area contributed by atoms with Gasteiger partial charge in [0.05, 0.1) is 23.7 Å². The van der Waals surface area contributed by atoms with E-state index in [1.807, 2.05) is 18.2 Å². The summed E-state index contributed by atoms with van der Waals surface area (Å²) in [6.07, 6.45) is 2.88. The van der Waals surface area contributed by atoms with E-state index in [2.05, 4.69) is 10.3 Å². The van der Waals surface area contributed by atoms with Gasteiger partial charge in [0.25, 0.3) is 5.91 Å². The van der Waals surface area contributed by atoms with Crippen molar-refractivity contribution in [2.75, 3.05) is 7.11 Å². The molecule has 4 rings (SSSR count). The Morgan fingerprint density at radius 3 is 2.85 bits per heavy atom. The zero-order valence-corrected chi connectivity index (χ0v) is 15.7. The maximum Gasteiger partial charge on any atom is 0.253 e. The van der Waals surface area contributed by atoms with Gasteiger partial charge in [0.2, 0.25) is 0 Å². The molecule has 0 aliphatic heterocycles. The monoisotopic (exact) mass is 388 g/mol. The molecule has 0 fully saturated rings. The van der Waals surface area contributed by atoms with E-state index in [0.29, 0.717) is 15.6 Å². The number of aryl methyl sites for hydroxylation is 1. The average molecular weight is 389 g/mol. The van der Waals surface area contributed by atoms with Crippen LogP contribution in [0, 0.1) is 0 Å². The number of carbonyl (C=O) groups excluding carboxylic acids is 1. The Morgan fingerprint density at radius 1 is 1.23 bits per heavy atom. The van der Waals surface area contributed by atoms with Crippen LogP contribution in [0.2, 0.25) is 10.0 Å². The van der Waals surface area contributed by atoms with Crippen molar-refractivity contribution < 1.29 is 9.53 Å². The van der Waals surface area contributed by atoms with Crippen LogP contribution in [0.5, 0.6) is 5.75 Å². The lowest BCUT2D eigenvalue weighted by Gasteiger charge is -2.24. The Labute approximate surface area is 161 Å². The minimum absolute atomic E-state index is 0.0728. The molecule has 26 heavy (non-hydrogen) atoms. The van der Waals surface area contributed by atoms with Gasteiger partial charge < -0.3 is 15.0 Å². The molecule has 1 amide bonds. The maximum atomic E-state index is 12.7. The van der Waals surface area contributed by atoms with Crippen LogP contribution < -0.4 is 10.1 Å². The van der Waals surface area contributed by atoms with Gasteiger partial charge in [-0.2, -0.15) is 0 Å². The van der Waals surface area contributed by atoms with Gasteiger partial charge in [-0.3, -0.25) is 4.79 Å². The van der Waals surface area contributed by atoms with Gasteiger partial charge in [-0.15, -0.1) is 0 Å². The summed E-state index contributed by atoms with van der Waals surface area (Å²) in [5.74, 6) is 0.638. The van der Waals surface area contributed by atoms with Crippen molar-refractivity contribution in [1.29, 1.82) is 0 Å². The molecule has 0 saturated heterocycles. The topological polar surface area (TPSA) is 54.1 Å². The molecule has 1 unspecified atom stereocenters. The minimum Gasteiger partial charge on any atom is -0.497 e. The molecule has 0 spiro atoms. The van der Waals surface area contributed by atoms with Gasteiger partial charge in [0, 0.05) is 21.6 Å². The van der Waals surface area contributed by atoms with E-state index in [-0.39, 0.29) is 11.9 Å². The normalized spacial score (nSPS) is 16.3. The van der Waals surface area contributed by atoms with Crippen LogP contribution in [0.4, 0.5) is 0 Å². The van der Waals surface area contributed by atoms with Crippen molar-refractivity contribution in [3.8, 4) is 5.75 Å². The van der Waals surface area contributed by atoms with Crippen molar-refractivity contribution in [3.05, 3.63) is 63.3 Å². The Balaban J connectivity index is 1.66. The van der Waals surface area contributed by atoms with Crippen molar-refractivity contribution in [3.63, 3.8) is 0 Å². The number of ether oxygens (including phenoxy) is 1. The van der Waals surface area contributed by atoms with Gasteiger partial charge >= 0.3 is 0 Å². The fraction of sp³-hybridized carbons (Fsp3) is 0.250. The fourth-order valence-electron chi connectivity index (χ4n) is 3.62. The number of hydrogen-bond donors (Lipinski definition) is 2. The highest BCUT2D eigenvalue weighted by atomic mass is 35.5. The van der Waals surface area contributed by atoms with E-state index in [1.54, 1.807) is 25.3 Å². The number of carbonyl (C=O) groups is 1. The number of rotatable bonds is 3. The number of nitrogens with one attached hydrogen (secondary N) is 2. The molecule has 1 aromatic heterocycles. The van der Waals surface area contributed by atoms with Crippen LogP contribution in [-0.4, -0.2) is 18.0 Å². The molecule has 4 nitrogen and oxygen atoms in total. The second-order valence-electron chi connectivity index (χ2n) is 6.47. The van der Waals surface area contributed by atoms with E-state index < -0.39 is 0 Å². The molecule has 0 saturated carbocycles. The van der Waals surface area contributed by atoms with Gasteiger partial charge in [0.1, 0.15) is 5.75 Å². The summed E-state index contributed by atoms with van der Waals surface area (Å²) >= 11 is 12.1. The maximum absolute atomic E-state index is 12.7. The third-order valence-electron chi connectivity index (χ3n) is 4.90. The number of benzene rings is 2. The van der Waals surface area contributed by atoms with Gasteiger partial charge in [-0.25, -0.2) is 0 Å². The van der Waals surface area contributed by atoms with Gasteiger partial charge in [0.15, 0.2) is 0 Å². The zero-order valence-electron chi connectivity index (χ0n) is 14.2. The number of halogens is 2. The number of methoxy groups -OCH3 is 1. The van der Waals surface area contributed by atoms with E-state index >= 15 is 0 Å². The summed E-state index contributed by atoms with van der Waals surface area (Å²) in [5, 5.41) is 5.13. The van der Waals surface area contributed by atoms with Crippen LogP contribution in [-0.2, 0) is 6.42 Å². The van der Waals surface area contributed by atoms with Gasteiger partial charge in [-0.05, 0) is 61.2 Å². The van der Waals surface area contributed by atoms with Crippen molar-refractivity contribution in [2.45, 2.75) is 25.3 Å². The molecule has 2 N–H and O–H groups in total. The predicted octanol–water partition coefficient (Wildman–Crippen LogP) is 5.29. The lowest BCUT2D eigenvalue weighted by Crippen LogP contribution is -2.31. The summed E-state index contributed by atoms with van der Waals surface area (Å²) in [4.78, 5) is 16.2. The van der Waals surface area contributed by atoms with Crippen LogP contribution in [0.15, 0.2) is 36.4 Å². The van der Waals surface area contributed by atoms with Crippen molar-refractivity contribution in [1.82, 2.24) is 10.3 Å². The molecule has 134 valence electrons. The number of fused-ring (bicyclic) bond motifs is 3. The van der Waals surface area contributed by atoms with Gasteiger partial charge in [-0.1, -0.05) is 23.2 Å². The number of aromatic amines is 1. The summed E-state index contributed by atoms with van der Waals surface area (Å²) in [5.41, 5.74) is 3.80. The molecule has 1 aliphatic rings. The lowest BCUT2D eigenvalue weighted by atomic mass is 9.91. The standard InChI is InChI=1S/C20H18Cl2N2O2/c1-26-12-6-8-17-15(10-12)13-3-2-4-18(19(13)23-17)24-20(25)14-7-5-11(21)9-16(14)22/h5-10,18,23H,2-4H2,1H3,(H,24,25). The Morgan fingerprint density at radius 2 is 2.08 bits per heavy atom. The van der Waals surface area contributed by atoms with Crippen LogP contribution in [0.25, 0.3) is 10.9 Å². The molecule has 0 radical (unpaired) electrons. The molecule has 6 heteroatoms. The molecule has 2 aromatic carbocycles. The molecular weight excluding hydrogens is 371 g/mol. The number of hydrogen-bond acceptors (Lipinski definition) is 2. The van der Waals surface area contributed by atoms with Crippen LogP contribution in [0.3, 0.4) is 0 Å². The zero-order chi connectivity index (χ0) is 18.3. The third-order valence-corrected chi connectivity index (χ3v) is 5.44. The van der Waals surface area contributed by atoms with E-state index in [1.165, 1.54) is 5.56 Å². The first-order valence-electron chi connectivity index (χ1n) is 8.51. The molecular formula is C20H18Cl2N2O2. The number of amides is 1. The second-order valence-corrected chi connectivity index (χ2v) is 7.31. The highest BCUT2D eigenvalue weighted by molar-refractivity contribution is 6.36. The summed E-state index contributed by atoms with van der Waals surface area (Å²) < 4.78 is 5.35. The Bertz CT molecular complexity index is 997. The van der Waals surface area contributed by atoms with E-state index in [9.17, 15) is 4.79 Å². The Kier molecular flexibility index (Phi) is 4.55. The smallest absolute Gasteiger partial charge is 0.253 e. The molecule has 0 bridgehead atoms. The van der Waals surface area contributed by atoms with E-state index in [4.69, 9.17) is 27.9 Å². The SMILES string of the molecule is COc1ccc2[nH]c3c(c2c1)CCCC3NC(=O)c1ccc(Cl)cc1Cl. The average Bonchev–Trinajstić information content (AvgIpc) is 3.00. The summed E-state index contributed by atoms with van der Waals surface area (Å²) in [7, 11) is 1.67. The number of aromatic nitrogens is 1. The van der Waals surface area contributed by atoms with Crippen LogP contribution in [0.1, 0.15) is 40.5 Å².